The average molecular weight is 208 g/mol. The van der Waals surface area contributed by atoms with Gasteiger partial charge in [-0.3, -0.25) is 0 Å². The van der Waals surface area contributed by atoms with Gasteiger partial charge in [-0.15, -0.1) is 0 Å². The fourth-order valence-corrected chi connectivity index (χ4v) is 1.50. The van der Waals surface area contributed by atoms with Crippen LogP contribution in [-0.2, 0) is 11.2 Å². The molecule has 0 aliphatic rings. The number of hydrogen-bond acceptors (Lipinski definition) is 2. The molecule has 0 fully saturated rings. The summed E-state index contributed by atoms with van der Waals surface area (Å²) in [5, 5.41) is 18.0. The summed E-state index contributed by atoms with van der Waals surface area (Å²) in [5.74, 6) is -0.695. The fourth-order valence-electron chi connectivity index (χ4n) is 1.50. The zero-order chi connectivity index (χ0) is 11.4. The Balaban J connectivity index is 2.87. The van der Waals surface area contributed by atoms with Crippen LogP contribution in [0.4, 0.5) is 0 Å². The Hall–Kier alpha value is -1.35. The van der Waals surface area contributed by atoms with Crippen LogP contribution >= 0.6 is 0 Å². The first-order valence-corrected chi connectivity index (χ1v) is 5.00. The third kappa shape index (κ3) is 3.36. The van der Waals surface area contributed by atoms with Crippen molar-refractivity contribution in [3.63, 3.8) is 0 Å². The number of benzene rings is 1. The van der Waals surface area contributed by atoms with Crippen molar-refractivity contribution in [2.24, 2.45) is 5.92 Å². The fraction of sp³-hybridized carbons (Fsp3) is 0.417. The zero-order valence-corrected chi connectivity index (χ0v) is 8.97. The molecule has 0 heterocycles. The lowest BCUT2D eigenvalue weighted by molar-refractivity contribution is -0.146. The van der Waals surface area contributed by atoms with Crippen molar-refractivity contribution in [3.8, 4) is 0 Å². The molecule has 1 rings (SSSR count). The number of carboxylic acids is 1. The summed E-state index contributed by atoms with van der Waals surface area (Å²) >= 11 is 0. The monoisotopic (exact) mass is 208 g/mol. The van der Waals surface area contributed by atoms with Gasteiger partial charge in [0.1, 0.15) is 0 Å². The maximum absolute atomic E-state index is 10.6. The summed E-state index contributed by atoms with van der Waals surface area (Å²) in [6.45, 7) is 4.20. The van der Waals surface area contributed by atoms with Crippen molar-refractivity contribution in [2.75, 3.05) is 0 Å². The maximum atomic E-state index is 10.6. The standard InChI is InChI=1S/C12H16O3/c1-8(2)6-9-4-3-5-10(7-9)11(13)12(14)15/h3-5,7-8,11,13H,6H2,1-2H3,(H,14,15). The van der Waals surface area contributed by atoms with E-state index in [1.807, 2.05) is 6.07 Å². The molecule has 1 unspecified atom stereocenters. The van der Waals surface area contributed by atoms with E-state index in [9.17, 15) is 9.90 Å². The second-order valence-corrected chi connectivity index (χ2v) is 4.08. The van der Waals surface area contributed by atoms with Crippen LogP contribution in [0.5, 0.6) is 0 Å². The van der Waals surface area contributed by atoms with Crippen LogP contribution in [0.15, 0.2) is 24.3 Å². The van der Waals surface area contributed by atoms with Gasteiger partial charge in [-0.25, -0.2) is 4.79 Å². The van der Waals surface area contributed by atoms with Crippen molar-refractivity contribution in [1.82, 2.24) is 0 Å². The Morgan fingerprint density at radius 2 is 2.07 bits per heavy atom. The first-order valence-electron chi connectivity index (χ1n) is 5.00. The molecule has 0 aromatic heterocycles. The molecular weight excluding hydrogens is 192 g/mol. The number of carboxylic acid groups (broad SMARTS) is 1. The van der Waals surface area contributed by atoms with Crippen LogP contribution in [0.1, 0.15) is 31.1 Å². The van der Waals surface area contributed by atoms with Gasteiger partial charge in [0.15, 0.2) is 6.10 Å². The van der Waals surface area contributed by atoms with E-state index >= 15 is 0 Å². The maximum Gasteiger partial charge on any atom is 0.337 e. The summed E-state index contributed by atoms with van der Waals surface area (Å²) in [6.07, 6.45) is -0.530. The third-order valence-electron chi connectivity index (χ3n) is 2.14. The van der Waals surface area contributed by atoms with E-state index in [0.29, 0.717) is 11.5 Å². The number of hydrogen-bond donors (Lipinski definition) is 2. The normalized spacial score (nSPS) is 12.8. The number of rotatable bonds is 4. The van der Waals surface area contributed by atoms with Gasteiger partial charge in [-0.2, -0.15) is 0 Å². The molecule has 82 valence electrons. The van der Waals surface area contributed by atoms with Crippen molar-refractivity contribution in [2.45, 2.75) is 26.4 Å². The summed E-state index contributed by atoms with van der Waals surface area (Å²) in [5.41, 5.74) is 1.50. The first-order chi connectivity index (χ1) is 7.00. The average Bonchev–Trinajstić information content (AvgIpc) is 2.16. The second-order valence-electron chi connectivity index (χ2n) is 4.08. The van der Waals surface area contributed by atoms with Gasteiger partial charge < -0.3 is 10.2 Å². The quantitative estimate of drug-likeness (QED) is 0.795. The lowest BCUT2D eigenvalue weighted by Crippen LogP contribution is -2.10. The lowest BCUT2D eigenvalue weighted by atomic mass is 9.99. The highest BCUT2D eigenvalue weighted by Crippen LogP contribution is 2.16. The summed E-state index contributed by atoms with van der Waals surface area (Å²) < 4.78 is 0. The SMILES string of the molecule is CC(C)Cc1cccc(C(O)C(=O)O)c1. The third-order valence-corrected chi connectivity index (χ3v) is 2.14. The molecule has 3 heteroatoms. The Morgan fingerprint density at radius 3 is 2.60 bits per heavy atom. The topological polar surface area (TPSA) is 57.5 Å². The predicted octanol–water partition coefficient (Wildman–Crippen LogP) is 2.00. The Morgan fingerprint density at radius 1 is 1.40 bits per heavy atom. The molecule has 0 bridgehead atoms. The van der Waals surface area contributed by atoms with Gasteiger partial charge >= 0.3 is 5.97 Å². The molecular formula is C12H16O3. The van der Waals surface area contributed by atoms with Crippen LogP contribution in [0.25, 0.3) is 0 Å². The molecule has 0 aliphatic heterocycles. The minimum atomic E-state index is -1.42. The van der Waals surface area contributed by atoms with Crippen molar-refractivity contribution in [3.05, 3.63) is 35.4 Å². The summed E-state index contributed by atoms with van der Waals surface area (Å²) in [6, 6.07) is 7.10. The van der Waals surface area contributed by atoms with Gasteiger partial charge in [0, 0.05) is 0 Å². The van der Waals surface area contributed by atoms with E-state index in [2.05, 4.69) is 13.8 Å². The van der Waals surface area contributed by atoms with E-state index in [1.165, 1.54) is 0 Å². The predicted molar refractivity (Wildman–Crippen MR) is 57.6 cm³/mol. The van der Waals surface area contributed by atoms with Crippen LogP contribution in [0, 0.1) is 5.92 Å². The Bertz CT molecular complexity index is 344. The molecule has 0 amide bonds. The van der Waals surface area contributed by atoms with E-state index < -0.39 is 12.1 Å². The highest BCUT2D eigenvalue weighted by atomic mass is 16.4. The van der Waals surface area contributed by atoms with Gasteiger partial charge in [0.05, 0.1) is 0 Å². The largest absolute Gasteiger partial charge is 0.479 e. The zero-order valence-electron chi connectivity index (χ0n) is 8.97. The smallest absolute Gasteiger partial charge is 0.337 e. The molecule has 0 saturated heterocycles. The van der Waals surface area contributed by atoms with Crippen LogP contribution in [-0.4, -0.2) is 16.2 Å². The van der Waals surface area contributed by atoms with Crippen molar-refractivity contribution >= 4 is 5.97 Å². The molecule has 1 aromatic rings. The Kier molecular flexibility index (Phi) is 3.86. The van der Waals surface area contributed by atoms with Gasteiger partial charge in [-0.1, -0.05) is 38.1 Å². The number of aliphatic carboxylic acids is 1. The highest BCUT2D eigenvalue weighted by molar-refractivity contribution is 5.74. The first kappa shape index (κ1) is 11.7. The second kappa shape index (κ2) is 4.94. The van der Waals surface area contributed by atoms with Crippen molar-refractivity contribution in [1.29, 1.82) is 0 Å². The van der Waals surface area contributed by atoms with E-state index in [-0.39, 0.29) is 0 Å². The minimum Gasteiger partial charge on any atom is -0.479 e. The molecule has 2 N–H and O–H groups in total. The molecule has 0 radical (unpaired) electrons. The molecule has 1 atom stereocenters. The van der Waals surface area contributed by atoms with E-state index in [1.54, 1.807) is 18.2 Å². The highest BCUT2D eigenvalue weighted by Gasteiger charge is 2.15. The molecule has 3 nitrogen and oxygen atoms in total. The van der Waals surface area contributed by atoms with Crippen LogP contribution in [0.3, 0.4) is 0 Å². The lowest BCUT2D eigenvalue weighted by Gasteiger charge is -2.09. The Labute approximate surface area is 89.4 Å². The minimum absolute atomic E-state index is 0.445. The molecule has 1 aromatic carbocycles. The number of aliphatic hydroxyl groups is 1. The summed E-state index contributed by atoms with van der Waals surface area (Å²) in [4.78, 5) is 10.6. The van der Waals surface area contributed by atoms with E-state index in [4.69, 9.17) is 5.11 Å². The van der Waals surface area contributed by atoms with Crippen LogP contribution in [0.2, 0.25) is 0 Å². The van der Waals surface area contributed by atoms with Gasteiger partial charge in [-0.05, 0) is 23.5 Å². The summed E-state index contributed by atoms with van der Waals surface area (Å²) in [7, 11) is 0. The van der Waals surface area contributed by atoms with Gasteiger partial charge in [0.2, 0.25) is 0 Å². The van der Waals surface area contributed by atoms with Gasteiger partial charge in [0.25, 0.3) is 0 Å². The molecule has 0 aliphatic carbocycles. The van der Waals surface area contributed by atoms with E-state index in [0.717, 1.165) is 12.0 Å². The number of aliphatic hydroxyl groups excluding tert-OH is 1. The van der Waals surface area contributed by atoms with Crippen molar-refractivity contribution < 1.29 is 15.0 Å². The molecule has 0 spiro atoms. The molecule has 15 heavy (non-hydrogen) atoms. The number of carbonyl (C=O) groups is 1. The van der Waals surface area contributed by atoms with Crippen LogP contribution < -0.4 is 0 Å². The molecule has 0 saturated carbocycles.